The minimum absolute atomic E-state index is 0.363. The van der Waals surface area contributed by atoms with Crippen molar-refractivity contribution in [1.29, 1.82) is 0 Å². The molecule has 0 unspecified atom stereocenters. The van der Waals surface area contributed by atoms with Crippen LogP contribution < -0.4 is 5.32 Å². The molecule has 2 rings (SSSR count). The third kappa shape index (κ3) is 3.08. The van der Waals surface area contributed by atoms with E-state index >= 15 is 0 Å². The van der Waals surface area contributed by atoms with E-state index in [1.165, 1.54) is 19.3 Å². The van der Waals surface area contributed by atoms with Crippen LogP contribution in [0.25, 0.3) is 0 Å². The molecule has 1 saturated carbocycles. The van der Waals surface area contributed by atoms with Crippen molar-refractivity contribution in [3.05, 3.63) is 33.3 Å². The molecule has 1 aliphatic carbocycles. The molecule has 0 aromatic heterocycles. The fourth-order valence-electron chi connectivity index (χ4n) is 2.46. The molecule has 1 N–H and O–H groups in total. The van der Waals surface area contributed by atoms with Gasteiger partial charge in [-0.05, 0) is 51.1 Å². The minimum Gasteiger partial charge on any atom is -0.311 e. The molecule has 1 fully saturated rings. The van der Waals surface area contributed by atoms with E-state index in [9.17, 15) is 0 Å². The van der Waals surface area contributed by atoms with Crippen LogP contribution in [0.15, 0.2) is 22.7 Å². The second kappa shape index (κ2) is 5.91. The summed E-state index contributed by atoms with van der Waals surface area (Å²) < 4.78 is 1.03. The number of hydrogen-bond acceptors (Lipinski definition) is 2. The van der Waals surface area contributed by atoms with Crippen molar-refractivity contribution >= 4 is 27.5 Å². The fourth-order valence-corrected chi connectivity index (χ4v) is 3.20. The fraction of sp³-hybridized carbons (Fsp3) is 0.571. The molecular formula is C14H20BrClN2. The first-order valence-electron chi connectivity index (χ1n) is 6.36. The van der Waals surface area contributed by atoms with Gasteiger partial charge in [0, 0.05) is 28.1 Å². The van der Waals surface area contributed by atoms with Gasteiger partial charge in [-0.3, -0.25) is 0 Å². The number of likely N-dealkylation sites (N-methyl/N-ethyl adjacent to an activating group) is 1. The minimum atomic E-state index is 0.363. The molecule has 18 heavy (non-hydrogen) atoms. The predicted octanol–water partition coefficient (Wildman–Crippen LogP) is 3.68. The van der Waals surface area contributed by atoms with E-state index in [1.807, 2.05) is 12.1 Å². The van der Waals surface area contributed by atoms with E-state index < -0.39 is 0 Å². The summed E-state index contributed by atoms with van der Waals surface area (Å²) in [6.45, 7) is 1.87. The van der Waals surface area contributed by atoms with E-state index in [0.717, 1.165) is 28.1 Å². The largest absolute Gasteiger partial charge is 0.311 e. The van der Waals surface area contributed by atoms with Crippen LogP contribution in [0.3, 0.4) is 0 Å². The van der Waals surface area contributed by atoms with Gasteiger partial charge in [0.05, 0.1) is 0 Å². The molecule has 1 aromatic rings. The van der Waals surface area contributed by atoms with Crippen molar-refractivity contribution < 1.29 is 0 Å². The lowest BCUT2D eigenvalue weighted by Crippen LogP contribution is -2.56. The summed E-state index contributed by atoms with van der Waals surface area (Å²) in [6, 6.07) is 6.06. The molecule has 0 heterocycles. The summed E-state index contributed by atoms with van der Waals surface area (Å²) in [5.41, 5.74) is 1.52. The van der Waals surface area contributed by atoms with Crippen LogP contribution in [-0.4, -0.2) is 31.1 Å². The number of benzene rings is 1. The molecule has 0 spiro atoms. The Morgan fingerprint density at radius 1 is 1.39 bits per heavy atom. The first-order valence-corrected chi connectivity index (χ1v) is 7.53. The number of rotatable bonds is 5. The average Bonchev–Trinajstić information content (AvgIpc) is 2.24. The lowest BCUT2D eigenvalue weighted by molar-refractivity contribution is 0.0598. The normalized spacial score (nSPS) is 17.8. The third-order valence-electron chi connectivity index (χ3n) is 4.02. The molecule has 4 heteroatoms. The number of nitrogens with one attached hydrogen (secondary N) is 1. The Labute approximate surface area is 123 Å². The molecule has 0 bridgehead atoms. The van der Waals surface area contributed by atoms with Gasteiger partial charge in [-0.2, -0.15) is 0 Å². The molecule has 0 radical (unpaired) electrons. The average molecular weight is 332 g/mol. The zero-order chi connectivity index (χ0) is 13.2. The van der Waals surface area contributed by atoms with Gasteiger partial charge in [0.2, 0.25) is 0 Å². The molecule has 1 aliphatic rings. The maximum atomic E-state index is 6.21. The van der Waals surface area contributed by atoms with Crippen molar-refractivity contribution in [2.45, 2.75) is 31.3 Å². The molecule has 0 aliphatic heterocycles. The van der Waals surface area contributed by atoms with Gasteiger partial charge in [0.15, 0.2) is 0 Å². The van der Waals surface area contributed by atoms with E-state index in [1.54, 1.807) is 0 Å². The quantitative estimate of drug-likeness (QED) is 0.885. The van der Waals surface area contributed by atoms with Crippen molar-refractivity contribution in [3.63, 3.8) is 0 Å². The lowest BCUT2D eigenvalue weighted by Gasteiger charge is -2.47. The molecule has 2 nitrogen and oxygen atoms in total. The van der Waals surface area contributed by atoms with Crippen LogP contribution in [-0.2, 0) is 6.54 Å². The highest BCUT2D eigenvalue weighted by molar-refractivity contribution is 9.10. The van der Waals surface area contributed by atoms with Crippen molar-refractivity contribution in [2.24, 2.45) is 0 Å². The Bertz CT molecular complexity index is 416. The third-order valence-corrected chi connectivity index (χ3v) is 4.86. The van der Waals surface area contributed by atoms with Gasteiger partial charge in [-0.1, -0.05) is 33.6 Å². The molecule has 0 saturated heterocycles. The van der Waals surface area contributed by atoms with E-state index in [2.05, 4.69) is 46.3 Å². The number of nitrogens with zero attached hydrogens (tertiary/aromatic N) is 1. The Hall–Kier alpha value is -0.0900. The zero-order valence-corrected chi connectivity index (χ0v) is 13.3. The number of hydrogen-bond donors (Lipinski definition) is 1. The summed E-state index contributed by atoms with van der Waals surface area (Å²) >= 11 is 9.63. The van der Waals surface area contributed by atoms with Crippen LogP contribution in [0, 0.1) is 0 Å². The van der Waals surface area contributed by atoms with Crippen molar-refractivity contribution in [1.82, 2.24) is 10.2 Å². The maximum Gasteiger partial charge on any atom is 0.0462 e. The van der Waals surface area contributed by atoms with Gasteiger partial charge < -0.3 is 10.2 Å². The van der Waals surface area contributed by atoms with Crippen LogP contribution in [0.1, 0.15) is 24.8 Å². The summed E-state index contributed by atoms with van der Waals surface area (Å²) in [7, 11) is 4.35. The monoisotopic (exact) mass is 330 g/mol. The second-order valence-corrected chi connectivity index (χ2v) is 6.63. The zero-order valence-electron chi connectivity index (χ0n) is 11.0. The second-order valence-electron chi connectivity index (χ2n) is 5.31. The van der Waals surface area contributed by atoms with Crippen molar-refractivity contribution in [3.8, 4) is 0 Å². The summed E-state index contributed by atoms with van der Waals surface area (Å²) in [5.74, 6) is 0. The highest BCUT2D eigenvalue weighted by atomic mass is 79.9. The van der Waals surface area contributed by atoms with Gasteiger partial charge in [-0.15, -0.1) is 0 Å². The molecule has 1 aromatic carbocycles. The Balaban J connectivity index is 1.88. The maximum absolute atomic E-state index is 6.21. The van der Waals surface area contributed by atoms with Crippen molar-refractivity contribution in [2.75, 3.05) is 20.6 Å². The van der Waals surface area contributed by atoms with Crippen LogP contribution in [0.4, 0.5) is 0 Å². The summed E-state index contributed by atoms with van der Waals surface area (Å²) in [6.07, 6.45) is 3.93. The van der Waals surface area contributed by atoms with Gasteiger partial charge in [0.25, 0.3) is 0 Å². The van der Waals surface area contributed by atoms with Crippen LogP contribution in [0.2, 0.25) is 5.02 Å². The highest BCUT2D eigenvalue weighted by Crippen LogP contribution is 2.35. The summed E-state index contributed by atoms with van der Waals surface area (Å²) in [5, 5.41) is 4.37. The predicted molar refractivity (Wildman–Crippen MR) is 81.1 cm³/mol. The molecule has 100 valence electrons. The highest BCUT2D eigenvalue weighted by Gasteiger charge is 2.38. The standard InChI is InChI=1S/C14H20BrClN2/c1-18(2)14(6-3-7-14)10-17-9-11-4-5-12(15)8-13(11)16/h4-5,8,17H,3,6-7,9-10H2,1-2H3. The molecule has 0 amide bonds. The van der Waals surface area contributed by atoms with Gasteiger partial charge in [0.1, 0.15) is 0 Å². The first kappa shape index (κ1) is 14.3. The van der Waals surface area contributed by atoms with E-state index in [-0.39, 0.29) is 0 Å². The first-order chi connectivity index (χ1) is 8.53. The van der Waals surface area contributed by atoms with Gasteiger partial charge >= 0.3 is 0 Å². The topological polar surface area (TPSA) is 15.3 Å². The van der Waals surface area contributed by atoms with E-state index in [4.69, 9.17) is 11.6 Å². The van der Waals surface area contributed by atoms with Gasteiger partial charge in [-0.25, -0.2) is 0 Å². The Kier molecular flexibility index (Phi) is 4.70. The van der Waals surface area contributed by atoms with Crippen LogP contribution >= 0.6 is 27.5 Å². The Morgan fingerprint density at radius 2 is 2.11 bits per heavy atom. The Morgan fingerprint density at radius 3 is 2.61 bits per heavy atom. The molecule has 0 atom stereocenters. The smallest absolute Gasteiger partial charge is 0.0462 e. The van der Waals surface area contributed by atoms with Crippen LogP contribution in [0.5, 0.6) is 0 Å². The lowest BCUT2D eigenvalue weighted by atomic mass is 9.75. The molecular weight excluding hydrogens is 312 g/mol. The summed E-state index contributed by atoms with van der Waals surface area (Å²) in [4.78, 5) is 2.35. The van der Waals surface area contributed by atoms with E-state index in [0.29, 0.717) is 5.54 Å². The SMILES string of the molecule is CN(C)C1(CNCc2ccc(Br)cc2Cl)CCC1. The number of halogens is 2.